The minimum absolute atomic E-state index is 0.0453. The first kappa shape index (κ1) is 18.0. The van der Waals surface area contributed by atoms with Gasteiger partial charge in [0.05, 0.1) is 10.2 Å². The molecule has 8 heteroatoms. The Morgan fingerprint density at radius 2 is 2.08 bits per heavy atom. The fraction of sp³-hybridized carbons (Fsp3) is 0.375. The van der Waals surface area contributed by atoms with E-state index in [-0.39, 0.29) is 22.8 Å². The highest BCUT2D eigenvalue weighted by Crippen LogP contribution is 2.25. The number of hydrogen-bond acceptors (Lipinski definition) is 5. The fourth-order valence-corrected chi connectivity index (χ4v) is 3.01. The number of nitro benzene ring substituents is 1. The van der Waals surface area contributed by atoms with Crippen molar-refractivity contribution >= 4 is 23.4 Å². The Labute approximate surface area is 144 Å². The van der Waals surface area contributed by atoms with Crippen molar-refractivity contribution in [3.63, 3.8) is 0 Å². The summed E-state index contributed by atoms with van der Waals surface area (Å²) in [5.74, 6) is 0.219. The van der Waals surface area contributed by atoms with Gasteiger partial charge in [0, 0.05) is 42.5 Å². The molecule has 0 fully saturated rings. The monoisotopic (exact) mass is 348 g/mol. The minimum Gasteiger partial charge on any atom is -0.355 e. The zero-order valence-electron chi connectivity index (χ0n) is 13.6. The van der Waals surface area contributed by atoms with Crippen LogP contribution in [-0.2, 0) is 11.3 Å². The summed E-state index contributed by atoms with van der Waals surface area (Å²) in [5, 5.41) is 17.4. The normalized spacial score (nSPS) is 13.2. The molecule has 24 heavy (non-hydrogen) atoms. The van der Waals surface area contributed by atoms with E-state index in [9.17, 15) is 14.9 Å². The molecule has 2 rings (SSSR count). The van der Waals surface area contributed by atoms with Gasteiger partial charge in [0.1, 0.15) is 0 Å². The average Bonchev–Trinajstić information content (AvgIpc) is 3.06. The summed E-state index contributed by atoms with van der Waals surface area (Å²) < 4.78 is 1.84. The molecular formula is C16H20N4O3S. The molecular weight excluding hydrogens is 328 g/mol. The molecule has 0 aliphatic rings. The van der Waals surface area contributed by atoms with Crippen LogP contribution in [0.15, 0.2) is 47.6 Å². The summed E-state index contributed by atoms with van der Waals surface area (Å²) in [4.78, 5) is 23.2. The van der Waals surface area contributed by atoms with E-state index in [1.54, 1.807) is 18.3 Å². The first-order chi connectivity index (χ1) is 11.5. The molecule has 0 saturated carbocycles. The molecule has 1 amide bonds. The van der Waals surface area contributed by atoms with Gasteiger partial charge in [0.25, 0.3) is 5.69 Å². The number of nitrogens with zero attached hydrogens (tertiary/aromatic N) is 3. The van der Waals surface area contributed by atoms with Crippen LogP contribution in [0.2, 0.25) is 0 Å². The molecule has 7 nitrogen and oxygen atoms in total. The Hall–Kier alpha value is -2.35. The third-order valence-electron chi connectivity index (χ3n) is 3.41. The molecule has 1 aromatic heterocycles. The van der Waals surface area contributed by atoms with E-state index in [0.29, 0.717) is 6.54 Å². The minimum atomic E-state index is -0.439. The lowest BCUT2D eigenvalue weighted by Gasteiger charge is -2.15. The third-order valence-corrected chi connectivity index (χ3v) is 4.52. The number of rotatable bonds is 8. The highest BCUT2D eigenvalue weighted by Gasteiger charge is 2.16. The van der Waals surface area contributed by atoms with Crippen LogP contribution in [0.25, 0.3) is 0 Å². The van der Waals surface area contributed by atoms with Crippen molar-refractivity contribution in [3.05, 3.63) is 52.8 Å². The molecule has 1 aromatic carbocycles. The lowest BCUT2D eigenvalue weighted by Crippen LogP contribution is -2.35. The molecule has 0 aliphatic carbocycles. The van der Waals surface area contributed by atoms with E-state index >= 15 is 0 Å². The van der Waals surface area contributed by atoms with Crippen LogP contribution >= 0.6 is 11.8 Å². The van der Waals surface area contributed by atoms with Gasteiger partial charge in [-0.15, -0.1) is 11.8 Å². The van der Waals surface area contributed by atoms with Crippen molar-refractivity contribution in [1.29, 1.82) is 0 Å². The number of non-ortho nitro benzene ring substituents is 1. The molecule has 128 valence electrons. The van der Waals surface area contributed by atoms with Crippen molar-refractivity contribution < 1.29 is 9.72 Å². The molecule has 0 aliphatic heterocycles. The van der Waals surface area contributed by atoms with Crippen LogP contribution in [-0.4, -0.2) is 32.4 Å². The Kier molecular flexibility index (Phi) is 6.36. The Balaban J connectivity index is 1.78. The summed E-state index contributed by atoms with van der Waals surface area (Å²) >= 11 is 1.38. The lowest BCUT2D eigenvalue weighted by atomic mass is 10.2. The topological polar surface area (TPSA) is 90.1 Å². The zero-order valence-corrected chi connectivity index (χ0v) is 14.4. The first-order valence-corrected chi connectivity index (χ1v) is 8.50. The van der Waals surface area contributed by atoms with E-state index in [4.69, 9.17) is 0 Å². The first-order valence-electron chi connectivity index (χ1n) is 7.62. The largest absolute Gasteiger partial charge is 0.355 e. The van der Waals surface area contributed by atoms with E-state index in [1.807, 2.05) is 23.9 Å². The number of nitrogens with one attached hydrogen (secondary N) is 1. The van der Waals surface area contributed by atoms with Gasteiger partial charge in [0.2, 0.25) is 5.91 Å². The molecule has 1 N–H and O–H groups in total. The summed E-state index contributed by atoms with van der Waals surface area (Å²) in [5.41, 5.74) is 0.0453. The SMILES string of the molecule is C[C@@H](CNC(=O)[C@@H](C)Sc1ccc([N+](=O)[O-])cc1)Cn1cccn1. The number of thioether (sulfide) groups is 1. The quantitative estimate of drug-likeness (QED) is 0.450. The maximum atomic E-state index is 12.2. The maximum absolute atomic E-state index is 12.2. The molecule has 2 atom stereocenters. The van der Waals surface area contributed by atoms with Gasteiger partial charge in [-0.2, -0.15) is 5.10 Å². The molecule has 0 unspecified atom stereocenters. The Morgan fingerprint density at radius 1 is 1.38 bits per heavy atom. The van der Waals surface area contributed by atoms with Crippen molar-refractivity contribution in [2.24, 2.45) is 5.92 Å². The predicted molar refractivity (Wildman–Crippen MR) is 92.8 cm³/mol. The fourth-order valence-electron chi connectivity index (χ4n) is 2.11. The number of amides is 1. The second-order valence-electron chi connectivity index (χ2n) is 5.59. The van der Waals surface area contributed by atoms with E-state index in [2.05, 4.69) is 17.3 Å². The summed E-state index contributed by atoms with van der Waals surface area (Å²) in [6.45, 7) is 5.19. The van der Waals surface area contributed by atoms with Crippen LogP contribution in [0.1, 0.15) is 13.8 Å². The zero-order chi connectivity index (χ0) is 17.5. The molecule has 0 spiro atoms. The molecule has 2 aromatic rings. The van der Waals surface area contributed by atoms with Gasteiger partial charge in [-0.3, -0.25) is 19.6 Å². The number of carbonyl (C=O) groups is 1. The summed E-state index contributed by atoms with van der Waals surface area (Å²) in [7, 11) is 0. The van der Waals surface area contributed by atoms with Crippen molar-refractivity contribution in [2.45, 2.75) is 30.5 Å². The van der Waals surface area contributed by atoms with Gasteiger partial charge < -0.3 is 5.32 Å². The Morgan fingerprint density at radius 3 is 2.67 bits per heavy atom. The highest BCUT2D eigenvalue weighted by atomic mass is 32.2. The van der Waals surface area contributed by atoms with Gasteiger partial charge in [0.15, 0.2) is 0 Å². The van der Waals surface area contributed by atoms with Gasteiger partial charge >= 0.3 is 0 Å². The number of benzene rings is 1. The van der Waals surface area contributed by atoms with E-state index in [1.165, 1.54) is 23.9 Å². The second kappa shape index (κ2) is 8.49. The predicted octanol–water partition coefficient (Wildman–Crippen LogP) is 2.72. The highest BCUT2D eigenvalue weighted by molar-refractivity contribution is 8.00. The van der Waals surface area contributed by atoms with E-state index in [0.717, 1.165) is 11.4 Å². The van der Waals surface area contributed by atoms with E-state index < -0.39 is 4.92 Å². The molecule has 0 saturated heterocycles. The number of hydrogen-bond donors (Lipinski definition) is 1. The average molecular weight is 348 g/mol. The maximum Gasteiger partial charge on any atom is 0.269 e. The lowest BCUT2D eigenvalue weighted by molar-refractivity contribution is -0.384. The molecule has 0 radical (unpaired) electrons. The van der Waals surface area contributed by atoms with Crippen molar-refractivity contribution in [1.82, 2.24) is 15.1 Å². The van der Waals surface area contributed by atoms with Gasteiger partial charge in [-0.25, -0.2) is 0 Å². The van der Waals surface area contributed by atoms with Crippen LogP contribution in [0.3, 0.4) is 0 Å². The molecule has 1 heterocycles. The van der Waals surface area contributed by atoms with Crippen molar-refractivity contribution in [2.75, 3.05) is 6.54 Å². The van der Waals surface area contributed by atoms with Crippen molar-refractivity contribution in [3.8, 4) is 0 Å². The van der Waals surface area contributed by atoms with Gasteiger partial charge in [-0.1, -0.05) is 6.92 Å². The number of nitro groups is 1. The van der Waals surface area contributed by atoms with Crippen LogP contribution < -0.4 is 5.32 Å². The van der Waals surface area contributed by atoms with Crippen LogP contribution in [0.5, 0.6) is 0 Å². The van der Waals surface area contributed by atoms with Crippen LogP contribution in [0, 0.1) is 16.0 Å². The second-order valence-corrected chi connectivity index (χ2v) is 7.00. The smallest absolute Gasteiger partial charge is 0.269 e. The standard InChI is InChI=1S/C16H20N4O3S/c1-12(11-19-9-3-8-18-19)10-17-16(21)13(2)24-15-6-4-14(5-7-15)20(22)23/h3-9,12-13H,10-11H2,1-2H3,(H,17,21)/t12-,13+/m0/s1. The Bertz CT molecular complexity index is 673. The molecule has 0 bridgehead atoms. The summed E-state index contributed by atoms with van der Waals surface area (Å²) in [6, 6.07) is 8.08. The van der Waals surface area contributed by atoms with Gasteiger partial charge in [-0.05, 0) is 31.0 Å². The number of carbonyl (C=O) groups excluding carboxylic acids is 1. The van der Waals surface area contributed by atoms with Crippen LogP contribution in [0.4, 0.5) is 5.69 Å². The number of aromatic nitrogens is 2. The third kappa shape index (κ3) is 5.38. The summed E-state index contributed by atoms with van der Waals surface area (Å²) in [6.07, 6.45) is 3.62.